The highest BCUT2D eigenvalue weighted by atomic mass is 79.9. The van der Waals surface area contributed by atoms with Crippen molar-refractivity contribution < 1.29 is 13.2 Å². The van der Waals surface area contributed by atoms with Gasteiger partial charge in [-0.2, -0.15) is 0 Å². The van der Waals surface area contributed by atoms with E-state index in [4.69, 9.17) is 0 Å². The predicted molar refractivity (Wildman–Crippen MR) is 83.3 cm³/mol. The third kappa shape index (κ3) is 3.94. The molecular formula is C12H16BrClN2O3S. The Morgan fingerprint density at radius 1 is 1.30 bits per heavy atom. The standard InChI is InChI=1S/C12H15BrN2O3S.ClH/c1-19(17,18)9-2-3-11(13)10(8-9)12(16)15-6-4-14-5-7-15;/h2-3,8,14H,4-7H2,1H3;1H. The zero-order valence-corrected chi connectivity index (χ0v) is 14.1. The summed E-state index contributed by atoms with van der Waals surface area (Å²) in [4.78, 5) is 14.3. The Bertz CT molecular complexity index is 601. The first-order valence-electron chi connectivity index (χ1n) is 5.89. The van der Waals surface area contributed by atoms with Crippen LogP contribution in [0.25, 0.3) is 0 Å². The number of carbonyl (C=O) groups excluding carboxylic acids is 1. The molecule has 1 aromatic carbocycles. The van der Waals surface area contributed by atoms with Crippen molar-refractivity contribution in [2.45, 2.75) is 4.90 Å². The molecule has 0 atom stereocenters. The number of nitrogens with one attached hydrogen (secondary N) is 1. The van der Waals surface area contributed by atoms with Crippen molar-refractivity contribution in [1.82, 2.24) is 10.2 Å². The summed E-state index contributed by atoms with van der Waals surface area (Å²) in [5.41, 5.74) is 0.393. The number of halogens is 2. The quantitative estimate of drug-likeness (QED) is 0.836. The highest BCUT2D eigenvalue weighted by Gasteiger charge is 2.21. The van der Waals surface area contributed by atoms with Crippen LogP contribution in [0.3, 0.4) is 0 Å². The van der Waals surface area contributed by atoms with Crippen molar-refractivity contribution in [2.24, 2.45) is 0 Å². The minimum Gasteiger partial charge on any atom is -0.336 e. The number of rotatable bonds is 2. The third-order valence-corrected chi connectivity index (χ3v) is 4.80. The van der Waals surface area contributed by atoms with E-state index < -0.39 is 9.84 Å². The summed E-state index contributed by atoms with van der Waals surface area (Å²) in [5.74, 6) is -0.140. The summed E-state index contributed by atoms with van der Waals surface area (Å²) in [6.07, 6.45) is 1.13. The molecule has 0 spiro atoms. The summed E-state index contributed by atoms with van der Waals surface area (Å²) in [5, 5.41) is 3.17. The molecule has 112 valence electrons. The predicted octanol–water partition coefficient (Wildman–Crippen LogP) is 1.32. The Balaban J connectivity index is 0.00000200. The molecule has 0 radical (unpaired) electrons. The van der Waals surface area contributed by atoms with Gasteiger partial charge in [-0.15, -0.1) is 12.4 Å². The van der Waals surface area contributed by atoms with Crippen LogP contribution in [0.4, 0.5) is 0 Å². The van der Waals surface area contributed by atoms with E-state index in [1.165, 1.54) is 12.1 Å². The molecule has 0 bridgehead atoms. The largest absolute Gasteiger partial charge is 0.336 e. The molecule has 1 N–H and O–H groups in total. The molecule has 0 saturated carbocycles. The van der Waals surface area contributed by atoms with E-state index in [9.17, 15) is 13.2 Å². The van der Waals surface area contributed by atoms with Crippen LogP contribution < -0.4 is 5.32 Å². The second-order valence-corrected chi connectivity index (χ2v) is 7.33. The average Bonchev–Trinajstić information content (AvgIpc) is 2.38. The van der Waals surface area contributed by atoms with Crippen molar-refractivity contribution in [1.29, 1.82) is 0 Å². The van der Waals surface area contributed by atoms with Crippen LogP contribution in [0.15, 0.2) is 27.6 Å². The number of amides is 1. The van der Waals surface area contributed by atoms with Crippen LogP contribution in [-0.4, -0.2) is 51.7 Å². The maximum absolute atomic E-state index is 12.4. The average molecular weight is 384 g/mol. The van der Waals surface area contributed by atoms with Gasteiger partial charge in [0.15, 0.2) is 9.84 Å². The fourth-order valence-corrected chi connectivity index (χ4v) is 3.00. The molecule has 1 aliphatic heterocycles. The number of benzene rings is 1. The van der Waals surface area contributed by atoms with Crippen LogP contribution in [0.1, 0.15) is 10.4 Å². The number of carbonyl (C=O) groups is 1. The second-order valence-electron chi connectivity index (χ2n) is 4.46. The molecule has 5 nitrogen and oxygen atoms in total. The van der Waals surface area contributed by atoms with Crippen molar-refractivity contribution in [3.8, 4) is 0 Å². The van der Waals surface area contributed by atoms with Crippen LogP contribution in [-0.2, 0) is 9.84 Å². The minimum absolute atomic E-state index is 0. The van der Waals surface area contributed by atoms with E-state index in [1.807, 2.05) is 0 Å². The molecule has 1 aromatic rings. The molecule has 0 unspecified atom stereocenters. The Morgan fingerprint density at radius 3 is 2.45 bits per heavy atom. The molecule has 2 rings (SSSR count). The fraction of sp³-hybridized carbons (Fsp3) is 0.417. The van der Waals surface area contributed by atoms with Crippen LogP contribution in [0.5, 0.6) is 0 Å². The topological polar surface area (TPSA) is 66.5 Å². The Labute approximate surface area is 133 Å². The molecule has 0 aliphatic carbocycles. The third-order valence-electron chi connectivity index (χ3n) is 3.00. The Morgan fingerprint density at radius 2 is 1.90 bits per heavy atom. The molecule has 8 heteroatoms. The van der Waals surface area contributed by atoms with Gasteiger partial charge in [0, 0.05) is 36.9 Å². The maximum Gasteiger partial charge on any atom is 0.255 e. The SMILES string of the molecule is CS(=O)(=O)c1ccc(Br)c(C(=O)N2CCNCC2)c1.Cl. The summed E-state index contributed by atoms with van der Waals surface area (Å²) in [6.45, 7) is 2.78. The summed E-state index contributed by atoms with van der Waals surface area (Å²) >= 11 is 3.31. The molecule has 1 fully saturated rings. The number of piperazine rings is 1. The van der Waals surface area contributed by atoms with Gasteiger partial charge in [0.2, 0.25) is 0 Å². The lowest BCUT2D eigenvalue weighted by Gasteiger charge is -2.27. The molecule has 1 aliphatic rings. The van der Waals surface area contributed by atoms with Crippen molar-refractivity contribution in [3.63, 3.8) is 0 Å². The summed E-state index contributed by atoms with van der Waals surface area (Å²) in [6, 6.07) is 4.53. The molecule has 1 amide bonds. The van der Waals surface area contributed by atoms with E-state index >= 15 is 0 Å². The first kappa shape index (κ1) is 17.4. The molecule has 1 saturated heterocycles. The fourth-order valence-electron chi connectivity index (χ4n) is 1.94. The van der Waals surface area contributed by atoms with Gasteiger partial charge >= 0.3 is 0 Å². The van der Waals surface area contributed by atoms with Gasteiger partial charge in [-0.1, -0.05) is 0 Å². The highest BCUT2D eigenvalue weighted by molar-refractivity contribution is 9.10. The molecular weight excluding hydrogens is 368 g/mol. The highest BCUT2D eigenvalue weighted by Crippen LogP contribution is 2.22. The lowest BCUT2D eigenvalue weighted by Crippen LogP contribution is -2.46. The zero-order valence-electron chi connectivity index (χ0n) is 10.9. The van der Waals surface area contributed by atoms with Crippen LogP contribution in [0, 0.1) is 0 Å². The van der Waals surface area contributed by atoms with Gasteiger partial charge in [-0.05, 0) is 34.1 Å². The van der Waals surface area contributed by atoms with E-state index in [2.05, 4.69) is 21.2 Å². The van der Waals surface area contributed by atoms with Gasteiger partial charge in [-0.25, -0.2) is 8.42 Å². The molecule has 1 heterocycles. The number of nitrogens with zero attached hydrogens (tertiary/aromatic N) is 1. The van der Waals surface area contributed by atoms with E-state index in [0.717, 1.165) is 19.3 Å². The number of hydrogen-bond donors (Lipinski definition) is 1. The van der Waals surface area contributed by atoms with Crippen molar-refractivity contribution >= 4 is 44.1 Å². The van der Waals surface area contributed by atoms with Gasteiger partial charge in [0.25, 0.3) is 5.91 Å². The Kier molecular flexibility index (Phi) is 6.00. The monoisotopic (exact) mass is 382 g/mol. The molecule has 20 heavy (non-hydrogen) atoms. The van der Waals surface area contributed by atoms with Gasteiger partial charge in [-0.3, -0.25) is 4.79 Å². The van der Waals surface area contributed by atoms with E-state index in [1.54, 1.807) is 11.0 Å². The van der Waals surface area contributed by atoms with Gasteiger partial charge in [0.05, 0.1) is 10.5 Å². The Hall–Kier alpha value is -0.630. The summed E-state index contributed by atoms with van der Waals surface area (Å²) in [7, 11) is -3.31. The van der Waals surface area contributed by atoms with Crippen molar-refractivity contribution in [3.05, 3.63) is 28.2 Å². The van der Waals surface area contributed by atoms with Gasteiger partial charge in [0.1, 0.15) is 0 Å². The minimum atomic E-state index is -3.31. The van der Waals surface area contributed by atoms with Crippen molar-refractivity contribution in [2.75, 3.05) is 32.4 Å². The summed E-state index contributed by atoms with van der Waals surface area (Å²) < 4.78 is 23.7. The lowest BCUT2D eigenvalue weighted by molar-refractivity contribution is 0.0734. The van der Waals surface area contributed by atoms with Crippen LogP contribution in [0.2, 0.25) is 0 Å². The molecule has 0 aromatic heterocycles. The zero-order chi connectivity index (χ0) is 14.0. The second kappa shape index (κ2) is 6.89. The van der Waals surface area contributed by atoms with Crippen LogP contribution >= 0.6 is 28.3 Å². The number of sulfone groups is 1. The van der Waals surface area contributed by atoms with E-state index in [-0.39, 0.29) is 23.2 Å². The first-order chi connectivity index (χ1) is 8.89. The maximum atomic E-state index is 12.4. The van der Waals surface area contributed by atoms with E-state index in [0.29, 0.717) is 23.1 Å². The van der Waals surface area contributed by atoms with Gasteiger partial charge < -0.3 is 10.2 Å². The number of hydrogen-bond acceptors (Lipinski definition) is 4. The normalized spacial score (nSPS) is 15.6. The smallest absolute Gasteiger partial charge is 0.255 e. The first-order valence-corrected chi connectivity index (χ1v) is 8.57. The lowest BCUT2D eigenvalue weighted by atomic mass is 10.2.